The van der Waals surface area contributed by atoms with Gasteiger partial charge < -0.3 is 9.15 Å². The second-order valence-electron chi connectivity index (χ2n) is 2.09. The largest absolute Gasteiger partial charge is 0.463 e. The highest BCUT2D eigenvalue weighted by atomic mass is 32.2. The van der Waals surface area contributed by atoms with E-state index in [0.717, 1.165) is 19.2 Å². The zero-order chi connectivity index (χ0) is 10.1. The Morgan fingerprint density at radius 3 is 2.54 bits per heavy atom. The molecule has 1 rings (SSSR count). The molecule has 1 aromatic heterocycles. The predicted octanol–water partition coefficient (Wildman–Crippen LogP) is 0.313. The number of hydrogen-bond acceptors (Lipinski definition) is 5. The van der Waals surface area contributed by atoms with Crippen molar-refractivity contribution >= 4 is 16.1 Å². The summed E-state index contributed by atoms with van der Waals surface area (Å²) in [5.41, 5.74) is 0. The first-order chi connectivity index (χ1) is 5.95. The molecule has 0 atom stereocenters. The van der Waals surface area contributed by atoms with Gasteiger partial charge in [-0.05, 0) is 12.1 Å². The van der Waals surface area contributed by atoms with Crippen LogP contribution in [0.1, 0.15) is 10.6 Å². The minimum Gasteiger partial charge on any atom is -0.463 e. The van der Waals surface area contributed by atoms with Crippen molar-refractivity contribution in [3.8, 4) is 0 Å². The molecule has 0 amide bonds. The molecule has 13 heavy (non-hydrogen) atoms. The predicted molar refractivity (Wildman–Crippen MR) is 39.9 cm³/mol. The molecule has 7 heteroatoms. The minimum absolute atomic E-state index is 0.282. The quantitative estimate of drug-likeness (QED) is 0.553. The van der Waals surface area contributed by atoms with Gasteiger partial charge in [-0.3, -0.25) is 4.55 Å². The van der Waals surface area contributed by atoms with Crippen LogP contribution in [-0.4, -0.2) is 26.0 Å². The van der Waals surface area contributed by atoms with Gasteiger partial charge in [0.15, 0.2) is 0 Å². The van der Waals surface area contributed by atoms with Crippen LogP contribution in [0.4, 0.5) is 0 Å². The normalized spacial score (nSPS) is 11.2. The van der Waals surface area contributed by atoms with Crippen LogP contribution < -0.4 is 0 Å². The van der Waals surface area contributed by atoms with Gasteiger partial charge in [-0.2, -0.15) is 8.42 Å². The van der Waals surface area contributed by atoms with Crippen LogP contribution in [-0.2, 0) is 14.9 Å². The van der Waals surface area contributed by atoms with Crippen LogP contribution in [0.2, 0.25) is 0 Å². The van der Waals surface area contributed by atoms with E-state index in [4.69, 9.17) is 4.55 Å². The first kappa shape index (κ1) is 9.75. The molecule has 0 saturated carbocycles. The van der Waals surface area contributed by atoms with E-state index in [1.807, 2.05) is 0 Å². The zero-order valence-corrected chi connectivity index (χ0v) is 7.37. The summed E-state index contributed by atoms with van der Waals surface area (Å²) in [6.45, 7) is 0. The van der Waals surface area contributed by atoms with Crippen molar-refractivity contribution < 1.29 is 26.9 Å². The maximum atomic E-state index is 10.8. The molecule has 0 unspecified atom stereocenters. The Hall–Kier alpha value is -1.34. The van der Waals surface area contributed by atoms with Crippen LogP contribution in [0.3, 0.4) is 0 Å². The van der Waals surface area contributed by atoms with Crippen molar-refractivity contribution in [2.75, 3.05) is 7.11 Å². The van der Waals surface area contributed by atoms with Gasteiger partial charge in [0, 0.05) is 0 Å². The third-order valence-corrected chi connectivity index (χ3v) is 1.95. The highest BCUT2D eigenvalue weighted by Crippen LogP contribution is 2.13. The Kier molecular flexibility index (Phi) is 2.39. The summed E-state index contributed by atoms with van der Waals surface area (Å²) in [4.78, 5) is 10.8. The number of hydrogen-bond donors (Lipinski definition) is 1. The average Bonchev–Trinajstić information content (AvgIpc) is 2.50. The lowest BCUT2D eigenvalue weighted by molar-refractivity contribution is 0.0558. The minimum atomic E-state index is -4.40. The van der Waals surface area contributed by atoms with E-state index in [2.05, 4.69) is 9.15 Å². The monoisotopic (exact) mass is 206 g/mol. The maximum absolute atomic E-state index is 10.8. The van der Waals surface area contributed by atoms with E-state index in [1.165, 1.54) is 0 Å². The van der Waals surface area contributed by atoms with Crippen LogP contribution >= 0.6 is 0 Å². The van der Waals surface area contributed by atoms with Gasteiger partial charge in [0.2, 0.25) is 10.9 Å². The Morgan fingerprint density at radius 2 is 2.15 bits per heavy atom. The van der Waals surface area contributed by atoms with Gasteiger partial charge in [-0.25, -0.2) is 4.79 Å². The van der Waals surface area contributed by atoms with Gasteiger partial charge in [0.25, 0.3) is 0 Å². The van der Waals surface area contributed by atoms with E-state index < -0.39 is 21.2 Å². The number of esters is 1. The molecule has 0 aliphatic rings. The lowest BCUT2D eigenvalue weighted by Crippen LogP contribution is -1.99. The molecular weight excluding hydrogens is 200 g/mol. The summed E-state index contributed by atoms with van der Waals surface area (Å²) < 4.78 is 38.2. The molecule has 0 spiro atoms. The molecule has 0 aromatic carbocycles. The standard InChI is InChI=1S/C6H6O6S/c1-11-6(7)4-2-3-5(12-4)13(8,9)10/h2-3H,1H3,(H,8,9,10). The number of ether oxygens (including phenoxy) is 1. The Bertz CT molecular complexity index is 414. The van der Waals surface area contributed by atoms with Crippen LogP contribution in [0, 0.1) is 0 Å². The lowest BCUT2D eigenvalue weighted by Gasteiger charge is -1.92. The van der Waals surface area contributed by atoms with Crippen molar-refractivity contribution in [3.63, 3.8) is 0 Å². The average molecular weight is 206 g/mol. The molecule has 0 bridgehead atoms. The molecule has 72 valence electrons. The van der Waals surface area contributed by atoms with Crippen molar-refractivity contribution in [3.05, 3.63) is 17.9 Å². The van der Waals surface area contributed by atoms with Gasteiger partial charge in [0.05, 0.1) is 7.11 Å². The SMILES string of the molecule is COC(=O)c1ccc(S(=O)(=O)O)o1. The summed E-state index contributed by atoms with van der Waals surface area (Å²) in [7, 11) is -3.28. The molecule has 0 fully saturated rings. The van der Waals surface area contributed by atoms with Crippen molar-refractivity contribution in [1.82, 2.24) is 0 Å². The lowest BCUT2D eigenvalue weighted by atomic mass is 10.5. The molecule has 1 heterocycles. The second kappa shape index (κ2) is 3.19. The second-order valence-corrected chi connectivity index (χ2v) is 3.44. The van der Waals surface area contributed by atoms with E-state index >= 15 is 0 Å². The van der Waals surface area contributed by atoms with Crippen LogP contribution in [0.15, 0.2) is 21.6 Å². The number of methoxy groups -OCH3 is 1. The maximum Gasteiger partial charge on any atom is 0.374 e. The van der Waals surface area contributed by atoms with Gasteiger partial charge in [-0.15, -0.1) is 0 Å². The third kappa shape index (κ3) is 2.07. The Labute approximate surface area is 73.9 Å². The molecule has 0 aliphatic carbocycles. The van der Waals surface area contributed by atoms with Gasteiger partial charge >= 0.3 is 16.1 Å². The number of carbonyl (C=O) groups is 1. The fraction of sp³-hybridized carbons (Fsp3) is 0.167. The summed E-state index contributed by atoms with van der Waals surface area (Å²) in [5, 5.41) is -0.687. The first-order valence-electron chi connectivity index (χ1n) is 3.11. The fourth-order valence-corrected chi connectivity index (χ4v) is 1.10. The number of furan rings is 1. The smallest absolute Gasteiger partial charge is 0.374 e. The van der Waals surface area contributed by atoms with Crippen LogP contribution in [0.25, 0.3) is 0 Å². The summed E-state index contributed by atoms with van der Waals surface area (Å²) in [5.74, 6) is -1.09. The summed E-state index contributed by atoms with van der Waals surface area (Å²) in [6, 6.07) is 2.05. The van der Waals surface area contributed by atoms with Crippen LogP contribution in [0.5, 0.6) is 0 Å². The highest BCUT2D eigenvalue weighted by molar-refractivity contribution is 7.85. The molecule has 6 nitrogen and oxygen atoms in total. The molecule has 0 radical (unpaired) electrons. The van der Waals surface area contributed by atoms with E-state index in [0.29, 0.717) is 0 Å². The summed E-state index contributed by atoms with van der Waals surface area (Å²) >= 11 is 0. The molecule has 0 saturated heterocycles. The van der Waals surface area contributed by atoms with E-state index in [-0.39, 0.29) is 5.76 Å². The number of carbonyl (C=O) groups excluding carboxylic acids is 1. The fourth-order valence-electron chi connectivity index (χ4n) is 0.669. The van der Waals surface area contributed by atoms with Crippen molar-refractivity contribution in [2.45, 2.75) is 5.09 Å². The molecular formula is C6H6O6S. The Morgan fingerprint density at radius 1 is 1.54 bits per heavy atom. The van der Waals surface area contributed by atoms with Crippen molar-refractivity contribution in [1.29, 1.82) is 0 Å². The molecule has 1 aromatic rings. The van der Waals surface area contributed by atoms with E-state index in [1.54, 1.807) is 0 Å². The number of rotatable bonds is 2. The first-order valence-corrected chi connectivity index (χ1v) is 4.55. The highest BCUT2D eigenvalue weighted by Gasteiger charge is 2.18. The summed E-state index contributed by atoms with van der Waals surface area (Å²) in [6.07, 6.45) is 0. The van der Waals surface area contributed by atoms with E-state index in [9.17, 15) is 13.2 Å². The third-order valence-electron chi connectivity index (χ3n) is 1.22. The topological polar surface area (TPSA) is 93.8 Å². The molecule has 1 N–H and O–H groups in total. The van der Waals surface area contributed by atoms with Crippen molar-refractivity contribution in [2.24, 2.45) is 0 Å². The zero-order valence-electron chi connectivity index (χ0n) is 6.55. The van der Waals surface area contributed by atoms with Gasteiger partial charge in [-0.1, -0.05) is 0 Å². The van der Waals surface area contributed by atoms with Gasteiger partial charge in [0.1, 0.15) is 0 Å². The molecule has 0 aliphatic heterocycles. The Balaban J connectivity index is 3.07.